The van der Waals surface area contributed by atoms with Crippen LogP contribution in [0.3, 0.4) is 0 Å². The van der Waals surface area contributed by atoms with Crippen LogP contribution in [0, 0.1) is 0 Å². The first kappa shape index (κ1) is 16.1. The fourth-order valence-electron chi connectivity index (χ4n) is 2.73. The highest BCUT2D eigenvalue weighted by Gasteiger charge is 2.26. The zero-order valence-corrected chi connectivity index (χ0v) is 14.6. The number of carbonyl (C=O) groups is 2. The van der Waals surface area contributed by atoms with Crippen LogP contribution in [0.15, 0.2) is 53.4 Å². The van der Waals surface area contributed by atoms with E-state index in [0.29, 0.717) is 16.5 Å². The smallest absolute Gasteiger partial charge is 0.268 e. The lowest BCUT2D eigenvalue weighted by molar-refractivity contribution is -0.117. The second-order valence-electron chi connectivity index (χ2n) is 5.74. The van der Waals surface area contributed by atoms with Crippen molar-refractivity contribution in [2.24, 2.45) is 0 Å². The number of anilines is 1. The highest BCUT2D eigenvalue weighted by Crippen LogP contribution is 2.30. The minimum atomic E-state index is -0.611. The van der Waals surface area contributed by atoms with Gasteiger partial charge in [0.05, 0.1) is 5.69 Å². The van der Waals surface area contributed by atoms with Crippen LogP contribution < -0.4 is 10.6 Å². The lowest BCUT2D eigenvalue weighted by Gasteiger charge is -2.14. The molecule has 3 aromatic rings. The molecule has 1 aromatic heterocycles. The normalized spacial score (nSPS) is 16.8. The molecule has 0 saturated heterocycles. The molecule has 1 atom stereocenters. The number of aromatic nitrogens is 1. The lowest BCUT2D eigenvalue weighted by atomic mass is 10.2. The Morgan fingerprint density at radius 3 is 2.92 bits per heavy atom. The number of halogens is 1. The third-order valence-electron chi connectivity index (χ3n) is 4.00. The highest BCUT2D eigenvalue weighted by molar-refractivity contribution is 7.99. The molecule has 1 unspecified atom stereocenters. The summed E-state index contributed by atoms with van der Waals surface area (Å²) in [6.07, 6.45) is 0. The standard InChI is InChI=1S/C18H14ClN3O2S/c19-11-5-6-12-10(7-11)8-14(20-12)17(23)22-15-9-25-16-4-2-1-3-13(16)21-18(15)24/h1-8,15,20H,9H2,(H,21,24)(H,22,23). The second kappa shape index (κ2) is 6.46. The molecule has 0 spiro atoms. The second-order valence-corrected chi connectivity index (χ2v) is 7.24. The van der Waals surface area contributed by atoms with Crippen LogP contribution in [0.1, 0.15) is 10.5 Å². The van der Waals surface area contributed by atoms with Crippen molar-refractivity contribution >= 4 is 51.8 Å². The third-order valence-corrected chi connectivity index (χ3v) is 5.40. The van der Waals surface area contributed by atoms with Gasteiger partial charge in [0, 0.05) is 26.6 Å². The van der Waals surface area contributed by atoms with Crippen molar-refractivity contribution in [3.05, 3.63) is 59.2 Å². The average Bonchev–Trinajstić information content (AvgIpc) is 2.95. The topological polar surface area (TPSA) is 74.0 Å². The zero-order chi connectivity index (χ0) is 17.4. The van der Waals surface area contributed by atoms with E-state index < -0.39 is 6.04 Å². The molecule has 7 heteroatoms. The van der Waals surface area contributed by atoms with Crippen LogP contribution in [0.25, 0.3) is 10.9 Å². The summed E-state index contributed by atoms with van der Waals surface area (Å²) >= 11 is 7.51. The van der Waals surface area contributed by atoms with Crippen molar-refractivity contribution in [2.75, 3.05) is 11.1 Å². The van der Waals surface area contributed by atoms with Gasteiger partial charge in [-0.05, 0) is 36.4 Å². The summed E-state index contributed by atoms with van der Waals surface area (Å²) in [5.41, 5.74) is 1.99. The largest absolute Gasteiger partial charge is 0.351 e. The number of carbonyl (C=O) groups excluding carboxylic acids is 2. The summed E-state index contributed by atoms with van der Waals surface area (Å²) < 4.78 is 0. The van der Waals surface area contributed by atoms with E-state index in [2.05, 4.69) is 15.6 Å². The maximum atomic E-state index is 12.5. The minimum Gasteiger partial charge on any atom is -0.351 e. The monoisotopic (exact) mass is 371 g/mol. The van der Waals surface area contributed by atoms with Crippen LogP contribution in [-0.4, -0.2) is 28.6 Å². The predicted molar refractivity (Wildman–Crippen MR) is 100 cm³/mol. The molecule has 2 amide bonds. The molecule has 25 heavy (non-hydrogen) atoms. The van der Waals surface area contributed by atoms with Crippen LogP contribution in [0.4, 0.5) is 5.69 Å². The summed E-state index contributed by atoms with van der Waals surface area (Å²) in [6.45, 7) is 0. The van der Waals surface area contributed by atoms with E-state index in [0.717, 1.165) is 21.5 Å². The zero-order valence-electron chi connectivity index (χ0n) is 13.0. The van der Waals surface area contributed by atoms with Crippen LogP contribution in [-0.2, 0) is 4.79 Å². The van der Waals surface area contributed by atoms with Gasteiger partial charge in [0.2, 0.25) is 5.91 Å². The molecular formula is C18H14ClN3O2S. The van der Waals surface area contributed by atoms with Crippen LogP contribution >= 0.6 is 23.4 Å². The first-order valence-corrected chi connectivity index (χ1v) is 9.08. The Bertz CT molecular complexity index is 985. The maximum Gasteiger partial charge on any atom is 0.268 e. The lowest BCUT2D eigenvalue weighted by Crippen LogP contribution is -2.44. The van der Waals surface area contributed by atoms with Gasteiger partial charge in [-0.3, -0.25) is 9.59 Å². The number of para-hydroxylation sites is 1. The van der Waals surface area contributed by atoms with Gasteiger partial charge in [-0.25, -0.2) is 0 Å². The Morgan fingerprint density at radius 2 is 2.04 bits per heavy atom. The van der Waals surface area contributed by atoms with Gasteiger partial charge < -0.3 is 15.6 Å². The number of rotatable bonds is 2. The molecule has 0 bridgehead atoms. The fourth-order valence-corrected chi connectivity index (χ4v) is 3.94. The van der Waals surface area contributed by atoms with Gasteiger partial charge in [0.15, 0.2) is 0 Å². The van der Waals surface area contributed by atoms with Crippen molar-refractivity contribution in [1.29, 1.82) is 0 Å². The summed E-state index contributed by atoms with van der Waals surface area (Å²) in [4.78, 5) is 29.0. The van der Waals surface area contributed by atoms with Crippen molar-refractivity contribution < 1.29 is 9.59 Å². The molecule has 126 valence electrons. The molecular weight excluding hydrogens is 358 g/mol. The molecule has 1 aliphatic rings. The Morgan fingerprint density at radius 1 is 1.20 bits per heavy atom. The molecule has 3 N–H and O–H groups in total. The van der Waals surface area contributed by atoms with E-state index in [1.165, 1.54) is 11.8 Å². The van der Waals surface area contributed by atoms with Gasteiger partial charge in [-0.1, -0.05) is 23.7 Å². The molecule has 0 aliphatic carbocycles. The SMILES string of the molecule is O=C(NC1CSc2ccccc2NC1=O)c1cc2cc(Cl)ccc2[nH]1. The molecule has 0 radical (unpaired) electrons. The number of thioether (sulfide) groups is 1. The van der Waals surface area contributed by atoms with Gasteiger partial charge >= 0.3 is 0 Å². The van der Waals surface area contributed by atoms with Crippen molar-refractivity contribution in [2.45, 2.75) is 10.9 Å². The number of fused-ring (bicyclic) bond motifs is 2. The Hall–Kier alpha value is -2.44. The van der Waals surface area contributed by atoms with Crippen LogP contribution in [0.5, 0.6) is 0 Å². The summed E-state index contributed by atoms with van der Waals surface area (Å²) in [6, 6.07) is 14.1. The number of nitrogens with one attached hydrogen (secondary N) is 3. The summed E-state index contributed by atoms with van der Waals surface area (Å²) in [5.74, 6) is -0.0651. The molecule has 5 nitrogen and oxygen atoms in total. The van der Waals surface area contributed by atoms with E-state index in [9.17, 15) is 9.59 Å². The van der Waals surface area contributed by atoms with E-state index in [-0.39, 0.29) is 11.8 Å². The van der Waals surface area contributed by atoms with Gasteiger partial charge in [0.25, 0.3) is 5.91 Å². The third kappa shape index (κ3) is 3.23. The average molecular weight is 372 g/mol. The minimum absolute atomic E-state index is 0.218. The summed E-state index contributed by atoms with van der Waals surface area (Å²) in [7, 11) is 0. The number of benzene rings is 2. The number of aromatic amines is 1. The maximum absolute atomic E-state index is 12.5. The van der Waals surface area contributed by atoms with Crippen LogP contribution in [0.2, 0.25) is 5.02 Å². The Kier molecular flexibility index (Phi) is 4.15. The summed E-state index contributed by atoms with van der Waals surface area (Å²) in [5, 5.41) is 7.12. The molecule has 0 fully saturated rings. The molecule has 4 rings (SSSR count). The number of hydrogen-bond acceptors (Lipinski definition) is 3. The van der Waals surface area contributed by atoms with Crippen molar-refractivity contribution in [3.8, 4) is 0 Å². The quantitative estimate of drug-likeness (QED) is 0.643. The molecule has 2 aromatic carbocycles. The van der Waals surface area contributed by atoms with Gasteiger partial charge in [-0.15, -0.1) is 11.8 Å². The van der Waals surface area contributed by atoms with E-state index in [1.807, 2.05) is 30.3 Å². The van der Waals surface area contributed by atoms with Gasteiger partial charge in [0.1, 0.15) is 11.7 Å². The van der Waals surface area contributed by atoms with E-state index in [4.69, 9.17) is 11.6 Å². The fraction of sp³-hybridized carbons (Fsp3) is 0.111. The number of amides is 2. The number of hydrogen-bond donors (Lipinski definition) is 3. The first-order valence-electron chi connectivity index (χ1n) is 7.72. The Labute approximate surface area is 153 Å². The molecule has 1 aliphatic heterocycles. The Balaban J connectivity index is 1.53. The number of H-pyrrole nitrogens is 1. The molecule has 0 saturated carbocycles. The molecule has 2 heterocycles. The van der Waals surface area contributed by atoms with Crippen molar-refractivity contribution in [1.82, 2.24) is 10.3 Å². The van der Waals surface area contributed by atoms with E-state index >= 15 is 0 Å². The van der Waals surface area contributed by atoms with Crippen molar-refractivity contribution in [3.63, 3.8) is 0 Å². The predicted octanol–water partition coefficient (Wildman–Crippen LogP) is 3.66. The first-order chi connectivity index (χ1) is 12.1. The van der Waals surface area contributed by atoms with Gasteiger partial charge in [-0.2, -0.15) is 0 Å². The van der Waals surface area contributed by atoms with E-state index in [1.54, 1.807) is 18.2 Å². The highest BCUT2D eigenvalue weighted by atomic mass is 35.5.